The van der Waals surface area contributed by atoms with Crippen LogP contribution in [0.2, 0.25) is 0 Å². The second kappa shape index (κ2) is 7.83. The lowest BCUT2D eigenvalue weighted by Crippen LogP contribution is -2.18. The number of halogens is 1. The van der Waals surface area contributed by atoms with Crippen molar-refractivity contribution in [2.45, 2.75) is 5.92 Å². The molecular weight excluding hydrogens is 478 g/mol. The highest BCUT2D eigenvalue weighted by Crippen LogP contribution is 2.44. The Balaban J connectivity index is 1.39. The monoisotopic (exact) mass is 493 g/mol. The normalized spacial score (nSPS) is 12.4. The Bertz CT molecular complexity index is 1300. The minimum atomic E-state index is -1.09. The molecule has 4 aromatic rings. The van der Waals surface area contributed by atoms with Crippen molar-refractivity contribution in [3.63, 3.8) is 0 Å². The van der Waals surface area contributed by atoms with Gasteiger partial charge in [-0.3, -0.25) is 5.32 Å². The molecule has 5 nitrogen and oxygen atoms in total. The molecule has 0 fully saturated rings. The first kappa shape index (κ1) is 19.8. The van der Waals surface area contributed by atoms with Gasteiger partial charge in [0.05, 0.1) is 5.69 Å². The Morgan fingerprint density at radius 2 is 1.65 bits per heavy atom. The highest BCUT2D eigenvalue weighted by molar-refractivity contribution is 9.10. The molecule has 2 N–H and O–H groups in total. The van der Waals surface area contributed by atoms with Crippen LogP contribution in [0, 0.1) is 0 Å². The summed E-state index contributed by atoms with van der Waals surface area (Å²) in [5, 5.41) is 12.9. The summed E-state index contributed by atoms with van der Waals surface area (Å²) < 4.78 is 7.18. The Morgan fingerprint density at radius 3 is 2.29 bits per heavy atom. The van der Waals surface area contributed by atoms with Crippen molar-refractivity contribution in [2.75, 3.05) is 11.9 Å². The second-order valence-corrected chi connectivity index (χ2v) is 9.17. The van der Waals surface area contributed by atoms with Gasteiger partial charge in [0.15, 0.2) is 0 Å². The number of hydrogen-bond donors (Lipinski definition) is 2. The van der Waals surface area contributed by atoms with Crippen LogP contribution in [0.1, 0.15) is 26.7 Å². The van der Waals surface area contributed by atoms with E-state index in [4.69, 9.17) is 4.74 Å². The van der Waals surface area contributed by atoms with E-state index in [2.05, 4.69) is 33.4 Å². The number of fused-ring (bicyclic) bond motifs is 4. The molecule has 0 spiro atoms. The maximum Gasteiger partial charge on any atom is 0.411 e. The van der Waals surface area contributed by atoms with Gasteiger partial charge in [0.2, 0.25) is 0 Å². The lowest BCUT2D eigenvalue weighted by Gasteiger charge is -2.14. The summed E-state index contributed by atoms with van der Waals surface area (Å²) in [5.74, 6) is -1.15. The van der Waals surface area contributed by atoms with Crippen LogP contribution in [0.15, 0.2) is 71.2 Å². The molecule has 1 amide bonds. The summed E-state index contributed by atoms with van der Waals surface area (Å²) in [4.78, 5) is 24.4. The summed E-state index contributed by atoms with van der Waals surface area (Å²) in [6.45, 7) is 0.163. The summed E-state index contributed by atoms with van der Waals surface area (Å²) >= 11 is 4.50. The number of benzene rings is 3. The summed E-state index contributed by atoms with van der Waals surface area (Å²) in [6, 6.07) is 21.6. The van der Waals surface area contributed by atoms with Crippen molar-refractivity contribution in [3.8, 4) is 11.1 Å². The number of aromatic carboxylic acids is 1. The Hall–Kier alpha value is -3.16. The largest absolute Gasteiger partial charge is 0.477 e. The zero-order valence-electron chi connectivity index (χ0n) is 16.1. The van der Waals surface area contributed by atoms with Gasteiger partial charge in [0.1, 0.15) is 11.5 Å². The highest BCUT2D eigenvalue weighted by atomic mass is 79.9. The third-order valence-corrected chi connectivity index (χ3v) is 7.05. The lowest BCUT2D eigenvalue weighted by atomic mass is 9.98. The number of nitrogens with one attached hydrogen (secondary N) is 1. The van der Waals surface area contributed by atoms with Gasteiger partial charge in [-0.15, -0.1) is 11.3 Å². The number of thiophene rings is 1. The number of carbonyl (C=O) groups is 2. The van der Waals surface area contributed by atoms with E-state index in [-0.39, 0.29) is 23.1 Å². The van der Waals surface area contributed by atoms with Crippen LogP contribution < -0.4 is 5.32 Å². The van der Waals surface area contributed by atoms with E-state index in [1.807, 2.05) is 48.5 Å². The molecule has 31 heavy (non-hydrogen) atoms. The van der Waals surface area contributed by atoms with Crippen molar-refractivity contribution in [2.24, 2.45) is 0 Å². The number of carboxylic acid groups (broad SMARTS) is 1. The Labute approximate surface area is 190 Å². The van der Waals surface area contributed by atoms with Crippen molar-refractivity contribution >= 4 is 55.1 Å². The Kier molecular flexibility index (Phi) is 5.00. The van der Waals surface area contributed by atoms with Gasteiger partial charge >= 0.3 is 12.1 Å². The van der Waals surface area contributed by atoms with Crippen LogP contribution in [0.25, 0.3) is 21.2 Å². The van der Waals surface area contributed by atoms with E-state index >= 15 is 0 Å². The number of ether oxygens (including phenoxy) is 1. The molecule has 1 aliphatic carbocycles. The predicted molar refractivity (Wildman–Crippen MR) is 125 cm³/mol. The maximum absolute atomic E-state index is 12.6. The van der Waals surface area contributed by atoms with Crippen molar-refractivity contribution in [1.82, 2.24) is 0 Å². The van der Waals surface area contributed by atoms with E-state index in [9.17, 15) is 14.7 Å². The molecule has 1 aliphatic rings. The lowest BCUT2D eigenvalue weighted by molar-refractivity contribution is 0.0703. The molecule has 1 heterocycles. The van der Waals surface area contributed by atoms with E-state index in [1.54, 1.807) is 6.07 Å². The predicted octanol–water partition coefficient (Wildman–Crippen LogP) is 6.72. The fourth-order valence-corrected chi connectivity index (χ4v) is 5.63. The number of carbonyl (C=O) groups excluding carboxylic acids is 1. The smallest absolute Gasteiger partial charge is 0.411 e. The fraction of sp³-hybridized carbons (Fsp3) is 0.0833. The number of anilines is 1. The van der Waals surface area contributed by atoms with Gasteiger partial charge in [0, 0.05) is 20.5 Å². The third-order valence-electron chi connectivity index (χ3n) is 5.42. The topological polar surface area (TPSA) is 75.6 Å². The standard InChI is InChI=1S/C24H16BrNO4S/c25-13-9-10-18-20(11-13)31-22(23(27)28)21(18)26-24(29)30-12-19-16-7-3-1-5-14(16)15-6-2-4-8-17(15)19/h1-11,19H,12H2,(H,26,29)(H,27,28). The number of amides is 1. The zero-order valence-corrected chi connectivity index (χ0v) is 18.5. The van der Waals surface area contributed by atoms with Gasteiger partial charge in [-0.1, -0.05) is 70.5 Å². The van der Waals surface area contributed by atoms with Crippen LogP contribution in [-0.2, 0) is 4.74 Å². The van der Waals surface area contributed by atoms with Crippen LogP contribution in [0.4, 0.5) is 10.5 Å². The molecule has 0 atom stereocenters. The first-order valence-electron chi connectivity index (χ1n) is 9.60. The Morgan fingerprint density at radius 1 is 1.00 bits per heavy atom. The molecule has 0 aliphatic heterocycles. The molecule has 7 heteroatoms. The van der Waals surface area contributed by atoms with Crippen LogP contribution >= 0.6 is 27.3 Å². The van der Waals surface area contributed by atoms with Crippen LogP contribution in [0.5, 0.6) is 0 Å². The van der Waals surface area contributed by atoms with Crippen LogP contribution in [0.3, 0.4) is 0 Å². The number of rotatable bonds is 4. The maximum atomic E-state index is 12.6. The third kappa shape index (κ3) is 3.49. The molecule has 154 valence electrons. The van der Waals surface area contributed by atoms with E-state index in [0.717, 1.165) is 42.8 Å². The highest BCUT2D eigenvalue weighted by Gasteiger charge is 2.29. The molecular formula is C24H16BrNO4S. The summed E-state index contributed by atoms with van der Waals surface area (Å²) in [5.41, 5.74) is 4.80. The zero-order chi connectivity index (χ0) is 21.5. The van der Waals surface area contributed by atoms with E-state index in [1.165, 1.54) is 0 Å². The molecule has 0 saturated carbocycles. The van der Waals surface area contributed by atoms with Crippen molar-refractivity contribution < 1.29 is 19.4 Å². The van der Waals surface area contributed by atoms with Gasteiger partial charge in [0.25, 0.3) is 0 Å². The quantitative estimate of drug-likeness (QED) is 0.330. The molecule has 3 aromatic carbocycles. The van der Waals surface area contributed by atoms with Crippen molar-refractivity contribution in [3.05, 3.63) is 87.2 Å². The van der Waals surface area contributed by atoms with E-state index < -0.39 is 12.1 Å². The molecule has 0 radical (unpaired) electrons. The van der Waals surface area contributed by atoms with Gasteiger partial charge in [-0.2, -0.15) is 0 Å². The summed E-state index contributed by atoms with van der Waals surface area (Å²) in [6.07, 6.45) is -0.674. The number of hydrogen-bond acceptors (Lipinski definition) is 4. The molecule has 1 aromatic heterocycles. The average molecular weight is 494 g/mol. The second-order valence-electron chi connectivity index (χ2n) is 7.20. The molecule has 0 saturated heterocycles. The fourth-order valence-electron chi connectivity index (χ4n) is 4.08. The van der Waals surface area contributed by atoms with Crippen LogP contribution in [-0.4, -0.2) is 23.8 Å². The minimum absolute atomic E-state index is 0.0627. The van der Waals surface area contributed by atoms with Gasteiger partial charge in [-0.05, 0) is 34.4 Å². The minimum Gasteiger partial charge on any atom is -0.477 e. The SMILES string of the molecule is O=C(Nc1c(C(=O)O)sc2cc(Br)ccc12)OCC1c2ccccc2-c2ccccc21. The first-order valence-corrected chi connectivity index (χ1v) is 11.2. The van der Waals surface area contributed by atoms with Crippen molar-refractivity contribution in [1.29, 1.82) is 0 Å². The van der Waals surface area contributed by atoms with Gasteiger partial charge < -0.3 is 9.84 Å². The molecule has 0 unspecified atom stereocenters. The van der Waals surface area contributed by atoms with Gasteiger partial charge in [-0.25, -0.2) is 9.59 Å². The molecule has 0 bridgehead atoms. The molecule has 5 rings (SSSR count). The summed E-state index contributed by atoms with van der Waals surface area (Å²) in [7, 11) is 0. The van der Waals surface area contributed by atoms with E-state index in [0.29, 0.717) is 5.39 Å². The number of carboxylic acids is 1. The first-order chi connectivity index (χ1) is 15.0. The average Bonchev–Trinajstić information content (AvgIpc) is 3.28.